The largest absolute Gasteiger partial charge is 0.497 e. The number of diazo groups is 6. The van der Waals surface area contributed by atoms with Crippen molar-refractivity contribution in [3.8, 4) is 97.7 Å². The second-order valence-electron chi connectivity index (χ2n) is 25.3. The van der Waals surface area contributed by atoms with Crippen LogP contribution in [0.4, 0.5) is 34.1 Å². The van der Waals surface area contributed by atoms with Gasteiger partial charge in [0.25, 0.3) is 0 Å². The first-order valence-electron chi connectivity index (χ1n) is 38.2. The summed E-state index contributed by atoms with van der Waals surface area (Å²) in [6.07, 6.45) is 0. The Morgan fingerprint density at radius 2 is 0.447 bits per heavy atom. The van der Waals surface area contributed by atoms with Gasteiger partial charge in [-0.15, -0.1) is 0 Å². The van der Waals surface area contributed by atoms with E-state index < -0.39 is 0 Å². The number of ether oxygens (including phenoxy) is 16. The Morgan fingerprint density at radius 1 is 0.195 bits per heavy atom. The second-order valence-corrected chi connectivity index (χ2v) is 25.3. The molecule has 13 aromatic rings. The molecule has 0 amide bonds. The zero-order chi connectivity index (χ0) is 87.6. The average molecular weight is 1660 g/mol. The molecule has 0 aliphatic carbocycles. The number of methoxy groups -OCH3 is 7. The van der Waals surface area contributed by atoms with Gasteiger partial charge < -0.3 is 75.8 Å². The average Bonchev–Trinajstić information content (AvgIpc) is 0.834. The highest BCUT2D eigenvalue weighted by Crippen LogP contribution is 2.46. The van der Waals surface area contributed by atoms with E-state index in [2.05, 4.69) is 29.9 Å². The molecule has 0 unspecified atom stereocenters. The molecule has 0 atom stereocenters. The van der Waals surface area contributed by atoms with E-state index in [1.807, 2.05) is 226 Å². The van der Waals surface area contributed by atoms with Crippen LogP contribution in [0.2, 0.25) is 0 Å². The zero-order valence-corrected chi connectivity index (χ0v) is 69.3. The maximum absolute atomic E-state index is 9.72. The van der Waals surface area contributed by atoms with Crippen LogP contribution < -0.4 is 75.8 Å². The molecule has 28 heteroatoms. The van der Waals surface area contributed by atoms with Crippen LogP contribution >= 0.6 is 0 Å². The van der Waals surface area contributed by atoms with Crippen LogP contribution in [-0.4, -0.2) is 63.0 Å². The van der Waals surface area contributed by atoms with Gasteiger partial charge >= 0.3 is 34.1 Å². The second kappa shape index (κ2) is 51.3. The lowest BCUT2D eigenvalue weighted by Crippen LogP contribution is -2.01. The van der Waals surface area contributed by atoms with Gasteiger partial charge in [-0.2, -0.15) is 0 Å². The molecule has 123 heavy (non-hydrogen) atoms. The molecule has 0 saturated carbocycles. The zero-order valence-electron chi connectivity index (χ0n) is 69.3. The van der Waals surface area contributed by atoms with E-state index in [9.17, 15) is 10.8 Å². The fourth-order valence-corrected chi connectivity index (χ4v) is 11.1. The summed E-state index contributed by atoms with van der Waals surface area (Å²) in [7, 11) is 10.6. The minimum absolute atomic E-state index is 0.226. The highest BCUT2D eigenvalue weighted by molar-refractivity contribution is 5.72. The Morgan fingerprint density at radius 3 is 0.756 bits per heavy atom. The highest BCUT2D eigenvalue weighted by atomic mass is 16.5. The Labute approximate surface area is 713 Å². The molecule has 0 saturated heterocycles. The Bertz CT molecular complexity index is 5610. The fraction of sp³-hybridized carbons (Fsp3) is 0.179. The van der Waals surface area contributed by atoms with Crippen molar-refractivity contribution < 1.29 is 75.8 Å². The summed E-state index contributed by atoms with van der Waals surface area (Å²) in [6, 6.07) is 91.5. The maximum atomic E-state index is 9.72. The first-order valence-corrected chi connectivity index (χ1v) is 38.2. The number of nitrogens with zero attached hydrogens (tertiary/aromatic N) is 12. The molecule has 13 aromatic carbocycles. The Balaban J connectivity index is 0.000000189. The lowest BCUT2D eigenvalue weighted by molar-refractivity contribution is 0.277. The molecule has 0 bridgehead atoms. The van der Waals surface area contributed by atoms with Gasteiger partial charge in [0, 0.05) is 72.8 Å². The topological polar surface area (TPSA) is 317 Å². The molecule has 0 aliphatic heterocycles. The molecule has 0 fully saturated rings. The van der Waals surface area contributed by atoms with Gasteiger partial charge in [0.05, 0.1) is 63.0 Å². The molecule has 0 aromatic heterocycles. The number of hydrogen-bond donors (Lipinski definition) is 0. The van der Waals surface area contributed by atoms with Gasteiger partial charge in [-0.05, 0) is 71.5 Å². The lowest BCUT2D eigenvalue weighted by Gasteiger charge is -2.12. The molecular formula is C95H92N12O16+6. The van der Waals surface area contributed by atoms with E-state index in [0.717, 1.165) is 33.4 Å². The van der Waals surface area contributed by atoms with Crippen molar-refractivity contribution in [3.05, 3.63) is 360 Å². The molecule has 0 N–H and O–H groups in total. The third kappa shape index (κ3) is 29.4. The van der Waals surface area contributed by atoms with Crippen molar-refractivity contribution >= 4 is 34.1 Å². The van der Waals surface area contributed by atoms with Gasteiger partial charge in [0.1, 0.15) is 79.9 Å². The summed E-state index contributed by atoms with van der Waals surface area (Å²) in [5.74, 6) is 8.36. The van der Waals surface area contributed by atoms with Crippen LogP contribution in [0.1, 0.15) is 47.2 Å². The smallest absolute Gasteiger partial charge is 0.467 e. The molecule has 0 spiro atoms. The first kappa shape index (κ1) is 91.7. The van der Waals surface area contributed by atoms with Crippen LogP contribution in [0.15, 0.2) is 297 Å². The predicted molar refractivity (Wildman–Crippen MR) is 466 cm³/mol. The summed E-state index contributed by atoms with van der Waals surface area (Å²) in [5, 5.41) is 54.3. The van der Waals surface area contributed by atoms with Crippen molar-refractivity contribution in [1.82, 2.24) is 0 Å². The van der Waals surface area contributed by atoms with Crippen molar-refractivity contribution in [2.45, 2.75) is 53.5 Å². The van der Waals surface area contributed by atoms with E-state index in [1.165, 1.54) is 35.5 Å². The summed E-state index contributed by atoms with van der Waals surface area (Å²) >= 11 is 0. The lowest BCUT2D eigenvalue weighted by atomic mass is 10.2. The summed E-state index contributed by atoms with van der Waals surface area (Å²) in [5.41, 5.74) is 7.83. The van der Waals surface area contributed by atoms with Crippen molar-refractivity contribution in [1.29, 1.82) is 32.4 Å². The van der Waals surface area contributed by atoms with E-state index in [1.54, 1.807) is 99.1 Å². The van der Waals surface area contributed by atoms with Crippen LogP contribution in [0.5, 0.6) is 97.7 Å². The van der Waals surface area contributed by atoms with E-state index in [-0.39, 0.29) is 22.7 Å². The summed E-state index contributed by atoms with van der Waals surface area (Å²) < 4.78 is 87.4. The maximum Gasteiger partial charge on any atom is 0.467 e. The minimum atomic E-state index is 0.226. The molecule has 0 radical (unpaired) electrons. The van der Waals surface area contributed by atoms with Gasteiger partial charge in [0.2, 0.25) is 89.9 Å². The fourth-order valence-electron chi connectivity index (χ4n) is 11.1. The Hall–Kier alpha value is -16.8. The quantitative estimate of drug-likeness (QED) is 0.0364. The monoisotopic (exact) mass is 1660 g/mol. The molecule has 13 rings (SSSR count). The number of hydrogen-bond acceptors (Lipinski definition) is 22. The Kier molecular flexibility index (Phi) is 38.2. The van der Waals surface area contributed by atoms with Crippen LogP contribution in [0, 0.1) is 32.4 Å². The van der Waals surface area contributed by atoms with Crippen molar-refractivity contribution in [3.63, 3.8) is 0 Å². The van der Waals surface area contributed by atoms with Gasteiger partial charge in [-0.3, -0.25) is 0 Å². The highest BCUT2D eigenvalue weighted by Gasteiger charge is 2.30. The third-order valence-corrected chi connectivity index (χ3v) is 17.1. The minimum Gasteiger partial charge on any atom is -0.497 e. The molecular weight excluding hydrogens is 1570 g/mol. The molecule has 622 valence electrons. The standard InChI is InChI=1S/C27H23N2O3.C21H19N2O3.C15H15N2O3.C14H13N2O3.C10H13N2O2.C8H9N2O2/c28-29-27-25(31-19-22-12-6-2-7-13-22)16-24(30-18-21-10-4-1-5-11-21)17-26(27)32-20-23-14-8-3-9-15-23;1-24-19-12-18(25-14-16-8-4-2-5-9-16)13-20(21(19)23-22)26-15-17-10-6-3-7-11-17;1-18-12-8-13(19-2)15(17-16)14(9-12)20-10-11-6-4-3-5-7-11;1-17-12-8-11(9-13(18-2)14(12)16-15)19-10-6-4-3-5-7-10;1-3-13-8-5-6-9(12-11)10(7-8)14-4-2;1-11-6-3-4-7(10-9)8(5-6)12-2/h1-17H,18-20H2;2-13H,14-15H2,1H3;3-9H,10H2,1-2H3;3-9H,1-2H3;5-7H,3-4H2,1-2H3;3-5H,1-2H3/q6*+1. The molecule has 0 aliphatic rings. The van der Waals surface area contributed by atoms with Crippen molar-refractivity contribution in [2.75, 3.05) is 63.0 Å². The SMILES string of the molecule is CCOc1ccc([N+]#N)c(OCC)c1.COc1cc(OC)c([N+]#N)c(OCc2ccccc2)c1.COc1cc(OCc2ccccc2)cc(OCc2ccccc2)c1[N+]#N.COc1cc(Oc2ccccc2)cc(OC)c1[N+]#N.COc1ccc([N+]#N)c(OC)c1.N#[N+]c1c(OCc2ccccc2)cc(OCc2ccccc2)cc1OCc1ccccc1. The van der Waals surface area contributed by atoms with E-state index in [4.69, 9.17) is 97.4 Å². The van der Waals surface area contributed by atoms with Gasteiger partial charge in [0.15, 0.2) is 29.9 Å². The predicted octanol–water partition coefficient (Wildman–Crippen LogP) is 25.2. The van der Waals surface area contributed by atoms with Crippen LogP contribution in [0.25, 0.3) is 29.9 Å². The normalized spacial score (nSPS) is 9.72. The van der Waals surface area contributed by atoms with E-state index in [0.29, 0.717) is 162 Å². The third-order valence-electron chi connectivity index (χ3n) is 17.1. The molecule has 0 heterocycles. The summed E-state index contributed by atoms with van der Waals surface area (Å²) in [4.78, 5) is 19.3. The van der Waals surface area contributed by atoms with Crippen LogP contribution in [-0.2, 0) is 39.6 Å². The number of para-hydroxylation sites is 1. The van der Waals surface area contributed by atoms with Crippen molar-refractivity contribution in [2.24, 2.45) is 0 Å². The van der Waals surface area contributed by atoms with E-state index >= 15 is 0 Å². The number of rotatable bonds is 31. The van der Waals surface area contributed by atoms with Gasteiger partial charge in [-0.1, -0.05) is 200 Å². The first-order chi connectivity index (χ1) is 60.3. The van der Waals surface area contributed by atoms with Crippen LogP contribution in [0.3, 0.4) is 0 Å². The molecule has 28 nitrogen and oxygen atoms in total. The summed E-state index contributed by atoms with van der Waals surface area (Å²) in [6.45, 7) is 7.06. The van der Waals surface area contributed by atoms with Gasteiger partial charge in [-0.25, -0.2) is 0 Å². The number of benzene rings is 13.